The van der Waals surface area contributed by atoms with Gasteiger partial charge in [0.25, 0.3) is 5.91 Å². The topological polar surface area (TPSA) is 76.7 Å². The molecule has 1 aliphatic heterocycles. The maximum absolute atomic E-state index is 13.5. The van der Waals surface area contributed by atoms with Gasteiger partial charge in [-0.3, -0.25) is 9.59 Å². The number of halogens is 2. The van der Waals surface area contributed by atoms with Gasteiger partial charge in [-0.05, 0) is 42.3 Å². The predicted octanol–water partition coefficient (Wildman–Crippen LogP) is 2.76. The summed E-state index contributed by atoms with van der Waals surface area (Å²) in [4.78, 5) is 24.2. The third-order valence-corrected chi connectivity index (χ3v) is 4.97. The van der Waals surface area contributed by atoms with Crippen molar-refractivity contribution in [2.75, 3.05) is 26.3 Å². The highest BCUT2D eigenvalue weighted by Crippen LogP contribution is 2.35. The number of hydrogen-bond donors (Lipinski definition) is 2. The van der Waals surface area contributed by atoms with E-state index in [1.165, 1.54) is 6.07 Å². The second-order valence-electron chi connectivity index (χ2n) is 6.33. The summed E-state index contributed by atoms with van der Waals surface area (Å²) in [6.45, 7) is 3.11. The van der Waals surface area contributed by atoms with Crippen LogP contribution in [0.3, 0.4) is 0 Å². The van der Waals surface area contributed by atoms with Crippen LogP contribution in [-0.2, 0) is 11.2 Å². The molecule has 0 unspecified atom stereocenters. The predicted molar refractivity (Wildman–Crippen MR) is 105 cm³/mol. The van der Waals surface area contributed by atoms with Crippen molar-refractivity contribution in [2.45, 2.75) is 13.3 Å². The average molecular weight is 451 g/mol. The van der Waals surface area contributed by atoms with Crippen molar-refractivity contribution in [2.24, 2.45) is 0 Å². The fourth-order valence-electron chi connectivity index (χ4n) is 2.69. The molecule has 28 heavy (non-hydrogen) atoms. The van der Waals surface area contributed by atoms with Gasteiger partial charge in [-0.25, -0.2) is 4.39 Å². The molecule has 0 fully saturated rings. The van der Waals surface area contributed by atoms with E-state index in [2.05, 4.69) is 26.6 Å². The van der Waals surface area contributed by atoms with Crippen LogP contribution in [-0.4, -0.2) is 38.1 Å². The molecule has 1 heterocycles. The molecule has 0 aliphatic carbocycles. The average Bonchev–Trinajstić information content (AvgIpc) is 2.67. The summed E-state index contributed by atoms with van der Waals surface area (Å²) >= 11 is 3.44. The Morgan fingerprint density at radius 1 is 1.07 bits per heavy atom. The molecule has 2 N–H and O–H groups in total. The Kier molecular flexibility index (Phi) is 6.51. The van der Waals surface area contributed by atoms with E-state index in [1.54, 1.807) is 31.2 Å². The van der Waals surface area contributed by atoms with E-state index in [1.807, 2.05) is 0 Å². The Balaban J connectivity index is 1.46. The fraction of sp³-hybridized carbons (Fsp3) is 0.300. The number of aryl methyl sites for hydroxylation is 1. The highest BCUT2D eigenvalue weighted by molar-refractivity contribution is 9.10. The normalized spacial score (nSPS) is 12.4. The van der Waals surface area contributed by atoms with Gasteiger partial charge in [0.15, 0.2) is 11.5 Å². The van der Waals surface area contributed by atoms with Gasteiger partial charge >= 0.3 is 0 Å². The zero-order chi connectivity index (χ0) is 20.1. The van der Waals surface area contributed by atoms with Crippen molar-refractivity contribution < 1.29 is 23.5 Å². The van der Waals surface area contributed by atoms with E-state index in [4.69, 9.17) is 9.47 Å². The third kappa shape index (κ3) is 5.01. The number of carbonyl (C=O) groups excluding carboxylic acids is 2. The molecule has 0 saturated heterocycles. The largest absolute Gasteiger partial charge is 0.486 e. The number of nitrogens with one attached hydrogen (secondary N) is 2. The first-order valence-corrected chi connectivity index (χ1v) is 9.62. The van der Waals surface area contributed by atoms with Crippen molar-refractivity contribution in [3.63, 3.8) is 0 Å². The molecule has 0 radical (unpaired) electrons. The summed E-state index contributed by atoms with van der Waals surface area (Å²) in [6.07, 6.45) is 0.161. The summed E-state index contributed by atoms with van der Waals surface area (Å²) in [5, 5.41) is 5.40. The lowest BCUT2D eigenvalue weighted by Gasteiger charge is -2.19. The Bertz CT molecular complexity index is 904. The summed E-state index contributed by atoms with van der Waals surface area (Å²) in [6, 6.07) is 7.88. The SMILES string of the molecule is Cc1ccc(C(=O)NCCNC(=O)Cc2cc3c(cc2Br)OCCO3)cc1F. The molecule has 3 rings (SSSR count). The number of hydrogen-bond acceptors (Lipinski definition) is 4. The number of ether oxygens (including phenoxy) is 2. The second-order valence-corrected chi connectivity index (χ2v) is 7.19. The molecule has 0 bridgehead atoms. The zero-order valence-electron chi connectivity index (χ0n) is 15.3. The Hall–Kier alpha value is -2.61. The van der Waals surface area contributed by atoms with Crippen molar-refractivity contribution >= 4 is 27.7 Å². The Labute approximate surface area is 170 Å². The molecule has 2 amide bonds. The van der Waals surface area contributed by atoms with Crippen molar-refractivity contribution in [1.29, 1.82) is 0 Å². The van der Waals surface area contributed by atoms with Crippen molar-refractivity contribution in [3.8, 4) is 11.5 Å². The lowest BCUT2D eigenvalue weighted by atomic mass is 10.1. The summed E-state index contributed by atoms with van der Waals surface area (Å²) in [5.74, 6) is 0.272. The van der Waals surface area contributed by atoms with Crippen LogP contribution in [0.25, 0.3) is 0 Å². The van der Waals surface area contributed by atoms with Crippen LogP contribution in [0, 0.1) is 12.7 Å². The number of fused-ring (bicyclic) bond motifs is 1. The molecule has 1 aliphatic rings. The molecular formula is C20H20BrFN2O4. The molecule has 2 aromatic rings. The van der Waals surface area contributed by atoms with Crippen LogP contribution in [0.5, 0.6) is 11.5 Å². The van der Waals surface area contributed by atoms with Crippen LogP contribution < -0.4 is 20.1 Å². The second kappa shape index (κ2) is 9.05. The number of carbonyl (C=O) groups is 2. The van der Waals surface area contributed by atoms with Gasteiger partial charge in [0, 0.05) is 23.1 Å². The number of rotatable bonds is 6. The zero-order valence-corrected chi connectivity index (χ0v) is 16.9. The summed E-state index contributed by atoms with van der Waals surface area (Å²) in [7, 11) is 0. The van der Waals surface area contributed by atoms with Crippen LogP contribution in [0.15, 0.2) is 34.8 Å². The highest BCUT2D eigenvalue weighted by Gasteiger charge is 2.16. The van der Waals surface area contributed by atoms with E-state index >= 15 is 0 Å². The molecule has 148 valence electrons. The van der Waals surface area contributed by atoms with Gasteiger partial charge in [0.05, 0.1) is 6.42 Å². The summed E-state index contributed by atoms with van der Waals surface area (Å²) < 4.78 is 25.3. The molecule has 2 aromatic carbocycles. The van der Waals surface area contributed by atoms with Crippen LogP contribution in [0.4, 0.5) is 4.39 Å². The quantitative estimate of drug-likeness (QED) is 0.663. The minimum atomic E-state index is -0.425. The summed E-state index contributed by atoms with van der Waals surface area (Å²) in [5.41, 5.74) is 1.50. The first-order chi connectivity index (χ1) is 13.4. The van der Waals surface area contributed by atoms with Crippen molar-refractivity contribution in [3.05, 3.63) is 57.3 Å². The number of benzene rings is 2. The van der Waals surface area contributed by atoms with Crippen LogP contribution in [0.1, 0.15) is 21.5 Å². The van der Waals surface area contributed by atoms with E-state index in [9.17, 15) is 14.0 Å². The molecule has 0 aromatic heterocycles. The highest BCUT2D eigenvalue weighted by atomic mass is 79.9. The molecule has 6 nitrogen and oxygen atoms in total. The molecule has 0 saturated carbocycles. The van der Waals surface area contributed by atoms with Crippen LogP contribution in [0.2, 0.25) is 0 Å². The molecule has 8 heteroatoms. The minimum absolute atomic E-state index is 0.161. The van der Waals surface area contributed by atoms with Crippen molar-refractivity contribution in [1.82, 2.24) is 10.6 Å². The molecular weight excluding hydrogens is 431 g/mol. The standard InChI is InChI=1S/C20H20BrFN2O4/c1-12-2-3-13(8-16(12)22)20(26)24-5-4-23-19(25)10-14-9-17-18(11-15(14)21)28-7-6-27-17/h2-3,8-9,11H,4-7,10H2,1H3,(H,23,25)(H,24,26). The molecule has 0 spiro atoms. The monoisotopic (exact) mass is 450 g/mol. The Morgan fingerprint density at radius 2 is 1.75 bits per heavy atom. The van der Waals surface area contributed by atoms with E-state index < -0.39 is 5.82 Å². The Morgan fingerprint density at radius 3 is 2.46 bits per heavy atom. The van der Waals surface area contributed by atoms with Gasteiger partial charge in [-0.2, -0.15) is 0 Å². The lowest BCUT2D eigenvalue weighted by Crippen LogP contribution is -2.35. The maximum atomic E-state index is 13.5. The first kappa shape index (κ1) is 20.1. The molecule has 0 atom stereocenters. The maximum Gasteiger partial charge on any atom is 0.251 e. The smallest absolute Gasteiger partial charge is 0.251 e. The van der Waals surface area contributed by atoms with E-state index in [0.717, 1.165) is 10.0 Å². The lowest BCUT2D eigenvalue weighted by molar-refractivity contribution is -0.120. The third-order valence-electron chi connectivity index (χ3n) is 4.23. The van der Waals surface area contributed by atoms with Gasteiger partial charge in [0.1, 0.15) is 19.0 Å². The van der Waals surface area contributed by atoms with Gasteiger partial charge in [-0.1, -0.05) is 22.0 Å². The van der Waals surface area contributed by atoms with E-state index in [0.29, 0.717) is 30.3 Å². The van der Waals surface area contributed by atoms with Gasteiger partial charge in [0.2, 0.25) is 5.91 Å². The minimum Gasteiger partial charge on any atom is -0.486 e. The van der Waals surface area contributed by atoms with Gasteiger partial charge in [-0.15, -0.1) is 0 Å². The first-order valence-electron chi connectivity index (χ1n) is 8.83. The number of amides is 2. The fourth-order valence-corrected chi connectivity index (χ4v) is 3.15. The van der Waals surface area contributed by atoms with Crippen LogP contribution >= 0.6 is 15.9 Å². The van der Waals surface area contributed by atoms with E-state index in [-0.39, 0.29) is 36.9 Å². The van der Waals surface area contributed by atoms with Gasteiger partial charge < -0.3 is 20.1 Å².